The van der Waals surface area contributed by atoms with Crippen molar-refractivity contribution in [2.45, 2.75) is 35.9 Å². The zero-order valence-corrected chi connectivity index (χ0v) is 11.6. The van der Waals surface area contributed by atoms with Crippen molar-refractivity contribution in [3.05, 3.63) is 29.6 Å². The summed E-state index contributed by atoms with van der Waals surface area (Å²) in [4.78, 5) is 2.45. The summed E-state index contributed by atoms with van der Waals surface area (Å²) in [5.74, 6) is 0. The van der Waals surface area contributed by atoms with Gasteiger partial charge in [-0.05, 0) is 6.07 Å². The monoisotopic (exact) mass is 411 g/mol. The van der Waals surface area contributed by atoms with E-state index in [0.29, 0.717) is 0 Å². The number of nitrogens with zero attached hydrogens (tertiary/aromatic N) is 1. The number of hydrogen-bond donors (Lipinski definition) is 2. The van der Waals surface area contributed by atoms with Crippen LogP contribution in [0.4, 0.5) is 52.7 Å². The first-order chi connectivity index (χ1) is 11.2. The van der Waals surface area contributed by atoms with Gasteiger partial charge in [-0.25, -0.2) is 0 Å². The van der Waals surface area contributed by atoms with E-state index in [9.17, 15) is 52.7 Å². The van der Waals surface area contributed by atoms with Crippen LogP contribution in [0.2, 0.25) is 0 Å². The summed E-state index contributed by atoms with van der Waals surface area (Å²) >= 11 is 0. The number of pyridine rings is 1. The zero-order valence-electron chi connectivity index (χ0n) is 11.6. The Kier molecular flexibility index (Phi) is 5.03. The normalized spacial score (nSPS) is 15.3. The predicted octanol–water partition coefficient (Wildman–Crippen LogP) is 3.71. The van der Waals surface area contributed by atoms with Gasteiger partial charge in [-0.1, -0.05) is 0 Å². The molecule has 0 amide bonds. The molecule has 1 aromatic heterocycles. The molecule has 26 heavy (non-hydrogen) atoms. The molecule has 0 saturated heterocycles. The second-order valence-corrected chi connectivity index (χ2v) is 4.87. The van der Waals surface area contributed by atoms with E-state index in [1.807, 2.05) is 0 Å². The Bertz CT molecular complexity index is 576. The van der Waals surface area contributed by atoms with Crippen LogP contribution in [-0.4, -0.2) is 39.9 Å². The lowest BCUT2D eigenvalue weighted by Crippen LogP contribution is -2.55. The van der Waals surface area contributed by atoms with Crippen LogP contribution in [0.25, 0.3) is 0 Å². The van der Waals surface area contributed by atoms with Gasteiger partial charge in [0.25, 0.3) is 11.2 Å². The van der Waals surface area contributed by atoms with Gasteiger partial charge in [0, 0.05) is 23.5 Å². The lowest BCUT2D eigenvalue weighted by atomic mass is 9.87. The van der Waals surface area contributed by atoms with E-state index in [1.54, 1.807) is 0 Å². The minimum Gasteiger partial charge on any atom is -0.369 e. The standard InChI is InChI=1S/C11H5F12NO2/c12-8(13,14)6(25,9(15,16)17)4-1-5(3-24-2-4)7(26,10(18,19)20)11(21,22)23/h1-3,25-26H. The number of halogens is 12. The molecule has 1 aromatic rings. The van der Waals surface area contributed by atoms with E-state index in [0.717, 1.165) is 0 Å². The fourth-order valence-corrected chi connectivity index (χ4v) is 1.81. The molecule has 0 bridgehead atoms. The van der Waals surface area contributed by atoms with Crippen LogP contribution in [0.3, 0.4) is 0 Å². The van der Waals surface area contributed by atoms with Crippen LogP contribution in [-0.2, 0) is 11.2 Å². The van der Waals surface area contributed by atoms with Crippen molar-refractivity contribution in [1.82, 2.24) is 4.98 Å². The van der Waals surface area contributed by atoms with Crippen molar-refractivity contribution in [3.63, 3.8) is 0 Å². The maximum Gasteiger partial charge on any atom is 0.430 e. The van der Waals surface area contributed by atoms with Crippen LogP contribution >= 0.6 is 0 Å². The zero-order chi connectivity index (χ0) is 21.0. The highest BCUT2D eigenvalue weighted by Crippen LogP contribution is 2.53. The minimum atomic E-state index is -6.58. The first-order valence-electron chi connectivity index (χ1n) is 5.89. The molecule has 0 aliphatic carbocycles. The Labute approximate surface area is 134 Å². The summed E-state index contributed by atoms with van der Waals surface area (Å²) in [7, 11) is 0. The van der Waals surface area contributed by atoms with Crippen LogP contribution in [0.15, 0.2) is 18.5 Å². The van der Waals surface area contributed by atoms with Crippen LogP contribution in [0.5, 0.6) is 0 Å². The smallest absolute Gasteiger partial charge is 0.369 e. The third-order valence-corrected chi connectivity index (χ3v) is 3.21. The summed E-state index contributed by atoms with van der Waals surface area (Å²) in [6.45, 7) is 0. The number of aromatic nitrogens is 1. The highest BCUT2D eigenvalue weighted by Gasteiger charge is 2.74. The Morgan fingerprint density at radius 1 is 0.538 bits per heavy atom. The molecule has 0 aromatic carbocycles. The Hall–Kier alpha value is -1.77. The van der Waals surface area contributed by atoms with Crippen molar-refractivity contribution in [1.29, 1.82) is 0 Å². The first kappa shape index (κ1) is 22.3. The molecule has 0 atom stereocenters. The van der Waals surface area contributed by atoms with Crippen LogP contribution in [0.1, 0.15) is 11.1 Å². The van der Waals surface area contributed by atoms with E-state index in [-0.39, 0.29) is 0 Å². The fourth-order valence-electron chi connectivity index (χ4n) is 1.81. The summed E-state index contributed by atoms with van der Waals surface area (Å²) < 4.78 is 152. The Morgan fingerprint density at radius 3 is 0.962 bits per heavy atom. The molecule has 0 fully saturated rings. The molecule has 0 spiro atoms. The van der Waals surface area contributed by atoms with Crippen molar-refractivity contribution < 1.29 is 62.9 Å². The Morgan fingerprint density at radius 2 is 0.769 bits per heavy atom. The van der Waals surface area contributed by atoms with Gasteiger partial charge in [0.1, 0.15) is 0 Å². The number of rotatable bonds is 2. The van der Waals surface area contributed by atoms with Gasteiger partial charge in [0.15, 0.2) is 0 Å². The van der Waals surface area contributed by atoms with Gasteiger partial charge in [-0.2, -0.15) is 52.7 Å². The molecule has 0 aliphatic heterocycles. The van der Waals surface area contributed by atoms with Gasteiger partial charge in [-0.15, -0.1) is 0 Å². The maximum absolute atomic E-state index is 12.7. The third kappa shape index (κ3) is 3.17. The molecule has 0 saturated carbocycles. The largest absolute Gasteiger partial charge is 0.430 e. The quantitative estimate of drug-likeness (QED) is 0.730. The second kappa shape index (κ2) is 5.87. The Balaban J connectivity index is 3.80. The van der Waals surface area contributed by atoms with Crippen LogP contribution < -0.4 is 0 Å². The van der Waals surface area contributed by atoms with E-state index >= 15 is 0 Å². The molecule has 1 rings (SSSR count). The molecule has 3 nitrogen and oxygen atoms in total. The summed E-state index contributed by atoms with van der Waals surface area (Å²) in [5.41, 5.74) is -16.7. The molecule has 0 radical (unpaired) electrons. The molecule has 0 unspecified atom stereocenters. The SMILES string of the molecule is OC(c1cncc(C(O)(C(F)(F)F)C(F)(F)F)c1)(C(F)(F)F)C(F)(F)F. The molecule has 150 valence electrons. The van der Waals surface area contributed by atoms with E-state index in [2.05, 4.69) is 4.98 Å². The second-order valence-electron chi connectivity index (χ2n) is 4.87. The fraction of sp³-hybridized carbons (Fsp3) is 0.545. The average Bonchev–Trinajstić information content (AvgIpc) is 2.40. The van der Waals surface area contributed by atoms with Crippen molar-refractivity contribution in [2.24, 2.45) is 0 Å². The van der Waals surface area contributed by atoms with E-state index in [1.165, 1.54) is 0 Å². The topological polar surface area (TPSA) is 53.4 Å². The number of aliphatic hydroxyl groups is 2. The summed E-state index contributed by atoms with van der Waals surface area (Å²) in [6.07, 6.45) is -27.2. The van der Waals surface area contributed by atoms with Gasteiger partial charge in [-0.3, -0.25) is 4.98 Å². The number of alkyl halides is 12. The molecular formula is C11H5F12NO2. The molecule has 2 N–H and O–H groups in total. The van der Waals surface area contributed by atoms with Crippen molar-refractivity contribution in [3.8, 4) is 0 Å². The van der Waals surface area contributed by atoms with E-state index in [4.69, 9.17) is 10.2 Å². The van der Waals surface area contributed by atoms with E-state index < -0.39 is 65.5 Å². The van der Waals surface area contributed by atoms with Gasteiger partial charge in [0.2, 0.25) is 0 Å². The average molecular weight is 411 g/mol. The predicted molar refractivity (Wildman–Crippen MR) is 56.3 cm³/mol. The highest BCUT2D eigenvalue weighted by molar-refractivity contribution is 5.32. The molecule has 15 heteroatoms. The lowest BCUT2D eigenvalue weighted by molar-refractivity contribution is -0.378. The molecular weight excluding hydrogens is 406 g/mol. The summed E-state index contributed by atoms with van der Waals surface area (Å²) in [5, 5.41) is 18.0. The highest BCUT2D eigenvalue weighted by atomic mass is 19.4. The number of hydrogen-bond acceptors (Lipinski definition) is 3. The van der Waals surface area contributed by atoms with Crippen LogP contribution in [0, 0.1) is 0 Å². The molecule has 0 aliphatic rings. The van der Waals surface area contributed by atoms with Gasteiger partial charge >= 0.3 is 24.7 Å². The summed E-state index contributed by atoms with van der Waals surface area (Å²) in [6, 6.07) is -0.922. The minimum absolute atomic E-state index is 0.433. The molecule has 1 heterocycles. The van der Waals surface area contributed by atoms with Gasteiger partial charge in [0.05, 0.1) is 0 Å². The van der Waals surface area contributed by atoms with Gasteiger partial charge < -0.3 is 10.2 Å². The lowest BCUT2D eigenvalue weighted by Gasteiger charge is -2.35. The maximum atomic E-state index is 12.7. The van der Waals surface area contributed by atoms with Crippen molar-refractivity contribution in [2.75, 3.05) is 0 Å². The first-order valence-corrected chi connectivity index (χ1v) is 5.89. The van der Waals surface area contributed by atoms with Crippen molar-refractivity contribution >= 4 is 0 Å². The third-order valence-electron chi connectivity index (χ3n) is 3.21.